The first-order chi connectivity index (χ1) is 17.1. The minimum absolute atomic E-state index is 0.0000884. The SMILES string of the molecule is Cc1cc(C=O)c(O)c(COCCCP(=Nc2ccccc2)(c2ccccc2)c2ccccc2)c1. The van der Waals surface area contributed by atoms with Crippen LogP contribution in [0.15, 0.2) is 108 Å². The van der Waals surface area contributed by atoms with E-state index >= 15 is 0 Å². The number of carbonyl (C=O) groups excluding carboxylic acids is 1. The molecule has 4 nitrogen and oxygen atoms in total. The maximum atomic E-state index is 11.2. The normalized spacial score (nSPS) is 11.2. The van der Waals surface area contributed by atoms with Crippen LogP contribution in [0, 0.1) is 6.92 Å². The van der Waals surface area contributed by atoms with Gasteiger partial charge in [-0.15, -0.1) is 0 Å². The molecule has 0 atom stereocenters. The molecule has 4 aromatic rings. The van der Waals surface area contributed by atoms with Gasteiger partial charge in [-0.1, -0.05) is 84.9 Å². The van der Waals surface area contributed by atoms with Crippen molar-refractivity contribution in [2.24, 2.45) is 4.74 Å². The van der Waals surface area contributed by atoms with Crippen molar-refractivity contribution in [1.29, 1.82) is 0 Å². The minimum Gasteiger partial charge on any atom is -0.507 e. The molecule has 1 N–H and O–H groups in total. The molecule has 35 heavy (non-hydrogen) atoms. The lowest BCUT2D eigenvalue weighted by Gasteiger charge is -2.26. The van der Waals surface area contributed by atoms with Crippen LogP contribution in [0.1, 0.15) is 27.9 Å². The summed E-state index contributed by atoms with van der Waals surface area (Å²) in [5.41, 5.74) is 2.82. The lowest BCUT2D eigenvalue weighted by molar-refractivity contribution is 0.111. The summed E-state index contributed by atoms with van der Waals surface area (Å²) in [7, 11) is -2.12. The number of ether oxygens (including phenoxy) is 1. The molecule has 0 fully saturated rings. The fourth-order valence-electron chi connectivity index (χ4n) is 4.28. The van der Waals surface area contributed by atoms with Crippen LogP contribution in [-0.4, -0.2) is 24.2 Å². The molecule has 0 saturated heterocycles. The van der Waals surface area contributed by atoms with Crippen molar-refractivity contribution >= 4 is 29.6 Å². The third-order valence-corrected chi connectivity index (χ3v) is 9.77. The fraction of sp³-hybridized carbons (Fsp3) is 0.167. The molecule has 0 heterocycles. The van der Waals surface area contributed by atoms with Gasteiger partial charge in [0, 0.05) is 19.2 Å². The maximum absolute atomic E-state index is 11.2. The van der Waals surface area contributed by atoms with E-state index in [0.717, 1.165) is 23.8 Å². The van der Waals surface area contributed by atoms with Gasteiger partial charge in [0.05, 0.1) is 17.9 Å². The van der Waals surface area contributed by atoms with Crippen LogP contribution in [0.3, 0.4) is 0 Å². The van der Waals surface area contributed by atoms with E-state index in [1.807, 2.05) is 43.3 Å². The van der Waals surface area contributed by atoms with Crippen molar-refractivity contribution < 1.29 is 14.6 Å². The molecule has 0 aliphatic heterocycles. The Morgan fingerprint density at radius 1 is 0.857 bits per heavy atom. The summed E-state index contributed by atoms with van der Waals surface area (Å²) in [5, 5.41) is 12.8. The Hall–Kier alpha value is -3.46. The van der Waals surface area contributed by atoms with Gasteiger partial charge in [0.15, 0.2) is 6.29 Å². The Bertz CT molecular complexity index is 1260. The Morgan fingerprint density at radius 3 is 2.00 bits per heavy atom. The van der Waals surface area contributed by atoms with Gasteiger partial charge in [-0.2, -0.15) is 0 Å². The first-order valence-corrected chi connectivity index (χ1v) is 13.7. The van der Waals surface area contributed by atoms with Crippen LogP contribution in [0.2, 0.25) is 0 Å². The number of aldehydes is 1. The summed E-state index contributed by atoms with van der Waals surface area (Å²) in [5.74, 6) is 0.0000884. The van der Waals surface area contributed by atoms with Crippen LogP contribution >= 0.6 is 7.05 Å². The van der Waals surface area contributed by atoms with Crippen molar-refractivity contribution in [2.45, 2.75) is 20.0 Å². The number of aryl methyl sites for hydroxylation is 1. The monoisotopic (exact) mass is 483 g/mol. The van der Waals surface area contributed by atoms with E-state index in [2.05, 4.69) is 60.7 Å². The molecular weight excluding hydrogens is 453 g/mol. The van der Waals surface area contributed by atoms with E-state index in [0.29, 0.717) is 24.0 Å². The van der Waals surface area contributed by atoms with E-state index in [-0.39, 0.29) is 12.4 Å². The number of carbonyl (C=O) groups is 1. The van der Waals surface area contributed by atoms with Gasteiger partial charge in [-0.05, 0) is 53.9 Å². The zero-order chi connectivity index (χ0) is 24.5. The van der Waals surface area contributed by atoms with Crippen molar-refractivity contribution in [3.05, 3.63) is 120 Å². The van der Waals surface area contributed by atoms with Crippen LogP contribution in [0.4, 0.5) is 5.69 Å². The number of nitrogens with zero attached hydrogens (tertiary/aromatic N) is 1. The van der Waals surface area contributed by atoms with Gasteiger partial charge in [-0.3, -0.25) is 9.54 Å². The van der Waals surface area contributed by atoms with Crippen LogP contribution < -0.4 is 10.6 Å². The summed E-state index contributed by atoms with van der Waals surface area (Å²) in [6.07, 6.45) is 2.34. The van der Waals surface area contributed by atoms with E-state index in [1.165, 1.54) is 10.6 Å². The number of hydrogen-bond acceptors (Lipinski definition) is 4. The number of phenolic OH excluding ortho intramolecular Hbond substituents is 1. The average molecular weight is 484 g/mol. The molecule has 0 saturated carbocycles. The first-order valence-electron chi connectivity index (χ1n) is 11.8. The molecule has 0 amide bonds. The highest BCUT2D eigenvalue weighted by atomic mass is 31.2. The largest absolute Gasteiger partial charge is 0.507 e. The lowest BCUT2D eigenvalue weighted by Crippen LogP contribution is -2.19. The smallest absolute Gasteiger partial charge is 0.153 e. The molecule has 4 aromatic carbocycles. The highest BCUT2D eigenvalue weighted by Gasteiger charge is 2.24. The topological polar surface area (TPSA) is 58.9 Å². The van der Waals surface area contributed by atoms with Crippen molar-refractivity contribution in [3.8, 4) is 5.75 Å². The Morgan fingerprint density at radius 2 is 1.43 bits per heavy atom. The highest BCUT2D eigenvalue weighted by Crippen LogP contribution is 2.50. The highest BCUT2D eigenvalue weighted by molar-refractivity contribution is 7.81. The minimum atomic E-state index is -2.12. The van der Waals surface area contributed by atoms with Gasteiger partial charge < -0.3 is 9.84 Å². The van der Waals surface area contributed by atoms with Gasteiger partial charge in [-0.25, -0.2) is 0 Å². The summed E-state index contributed by atoms with van der Waals surface area (Å²) >= 11 is 0. The first kappa shape index (κ1) is 24.7. The van der Waals surface area contributed by atoms with E-state index in [4.69, 9.17) is 9.48 Å². The summed E-state index contributed by atoms with van der Waals surface area (Å²) in [4.78, 5) is 11.2. The lowest BCUT2D eigenvalue weighted by atomic mass is 10.1. The van der Waals surface area contributed by atoms with Crippen molar-refractivity contribution in [3.63, 3.8) is 0 Å². The van der Waals surface area contributed by atoms with Crippen LogP contribution in [0.25, 0.3) is 0 Å². The second-order valence-corrected chi connectivity index (χ2v) is 11.7. The van der Waals surface area contributed by atoms with Gasteiger partial charge in [0.25, 0.3) is 0 Å². The molecule has 5 heteroatoms. The van der Waals surface area contributed by atoms with Crippen molar-refractivity contribution in [1.82, 2.24) is 0 Å². The van der Waals surface area contributed by atoms with Gasteiger partial charge in [0.2, 0.25) is 0 Å². The van der Waals surface area contributed by atoms with Crippen LogP contribution in [0.5, 0.6) is 5.75 Å². The number of rotatable bonds is 10. The molecule has 0 radical (unpaired) electrons. The third-order valence-electron chi connectivity index (χ3n) is 5.93. The fourth-order valence-corrected chi connectivity index (χ4v) is 7.87. The zero-order valence-corrected chi connectivity index (χ0v) is 20.8. The number of phenols is 1. The summed E-state index contributed by atoms with van der Waals surface area (Å²) < 4.78 is 11.4. The van der Waals surface area contributed by atoms with Crippen LogP contribution in [-0.2, 0) is 11.3 Å². The van der Waals surface area contributed by atoms with Gasteiger partial charge >= 0.3 is 0 Å². The summed E-state index contributed by atoms with van der Waals surface area (Å²) in [6.45, 7) is 2.68. The molecule has 178 valence electrons. The Balaban J connectivity index is 1.60. The standard InChI is InChI=1S/C30H30NO3P/c1-24-20-25(22-32)30(33)26(21-24)23-34-18-11-19-35(28-14-7-3-8-15-28,29-16-9-4-10-17-29)31-27-12-5-2-6-13-27/h2-10,12-17,20-22,33H,11,18-19,23H2,1H3. The molecule has 4 rings (SSSR count). The predicted octanol–water partition coefficient (Wildman–Crippen LogP) is 6.60. The van der Waals surface area contributed by atoms with E-state index < -0.39 is 7.05 Å². The Labute approximate surface area is 207 Å². The third kappa shape index (κ3) is 5.97. The summed E-state index contributed by atoms with van der Waals surface area (Å²) in [6, 6.07) is 34.8. The van der Waals surface area contributed by atoms with Gasteiger partial charge in [0.1, 0.15) is 5.75 Å². The van der Waals surface area contributed by atoms with E-state index in [1.54, 1.807) is 6.07 Å². The second-order valence-electron chi connectivity index (χ2n) is 8.49. The maximum Gasteiger partial charge on any atom is 0.153 e. The quantitative estimate of drug-likeness (QED) is 0.157. The molecule has 0 bridgehead atoms. The second kappa shape index (κ2) is 11.8. The molecule has 0 aromatic heterocycles. The molecular formula is C30H30NO3P. The predicted molar refractivity (Wildman–Crippen MR) is 145 cm³/mol. The number of benzene rings is 4. The Kier molecular flexibility index (Phi) is 8.31. The molecule has 0 unspecified atom stereocenters. The molecule has 0 spiro atoms. The molecule has 0 aliphatic carbocycles. The van der Waals surface area contributed by atoms with E-state index in [9.17, 15) is 9.90 Å². The number of hydrogen-bond donors (Lipinski definition) is 1. The van der Waals surface area contributed by atoms with Crippen molar-refractivity contribution in [2.75, 3.05) is 12.8 Å². The average Bonchev–Trinajstić information content (AvgIpc) is 2.91. The number of aromatic hydroxyl groups is 1. The molecule has 0 aliphatic rings. The zero-order valence-electron chi connectivity index (χ0n) is 19.9.